The van der Waals surface area contributed by atoms with Gasteiger partial charge in [-0.15, -0.1) is 0 Å². The lowest BCUT2D eigenvalue weighted by atomic mass is 10.1. The molecule has 2 amide bonds. The van der Waals surface area contributed by atoms with Gasteiger partial charge in [0.2, 0.25) is 0 Å². The van der Waals surface area contributed by atoms with E-state index in [0.717, 1.165) is 21.7 Å². The molecule has 150 valence electrons. The highest BCUT2D eigenvalue weighted by molar-refractivity contribution is 8.04. The fourth-order valence-corrected chi connectivity index (χ4v) is 4.48. The average molecular weight is 415 g/mol. The molecule has 0 aliphatic carbocycles. The molecule has 1 aliphatic heterocycles. The summed E-state index contributed by atoms with van der Waals surface area (Å²) in [5, 5.41) is 0. The number of para-hydroxylation sites is 1. The van der Waals surface area contributed by atoms with Crippen molar-refractivity contribution in [2.45, 2.75) is 18.7 Å². The average Bonchev–Trinajstić information content (AvgIpc) is 3.00. The van der Waals surface area contributed by atoms with Crippen LogP contribution >= 0.6 is 11.8 Å². The monoisotopic (exact) mass is 414 g/mol. The van der Waals surface area contributed by atoms with Gasteiger partial charge < -0.3 is 4.90 Å². The van der Waals surface area contributed by atoms with Crippen LogP contribution < -0.4 is 9.80 Å². The van der Waals surface area contributed by atoms with E-state index in [2.05, 4.69) is 0 Å². The first-order chi connectivity index (χ1) is 14.5. The highest BCUT2D eigenvalue weighted by Gasteiger charge is 2.42. The zero-order chi connectivity index (χ0) is 21.3. The quantitative estimate of drug-likeness (QED) is 0.530. The summed E-state index contributed by atoms with van der Waals surface area (Å²) in [7, 11) is 1.83. The first-order valence-corrected chi connectivity index (χ1v) is 10.5. The zero-order valence-corrected chi connectivity index (χ0v) is 17.9. The third-order valence-corrected chi connectivity index (χ3v) is 6.15. The Labute approximate surface area is 180 Å². The maximum atomic E-state index is 13.6. The van der Waals surface area contributed by atoms with Crippen molar-refractivity contribution in [3.63, 3.8) is 0 Å². The fourth-order valence-electron chi connectivity index (χ4n) is 3.45. The van der Waals surface area contributed by atoms with Crippen LogP contribution in [-0.4, -0.2) is 18.9 Å². The summed E-state index contributed by atoms with van der Waals surface area (Å²) in [5.41, 5.74) is 3.75. The van der Waals surface area contributed by atoms with Gasteiger partial charge in [0.25, 0.3) is 11.8 Å². The maximum Gasteiger partial charge on any atom is 0.283 e. The third-order valence-electron chi connectivity index (χ3n) is 5.07. The number of hydrogen-bond acceptors (Lipinski definition) is 4. The SMILES string of the molecule is Cc1ccc(C)c(N2C(=O)C(Sc3ccccc3)=C(N(C)c3ccccc3)C2=O)c1. The van der Waals surface area contributed by atoms with Gasteiger partial charge >= 0.3 is 0 Å². The second kappa shape index (κ2) is 8.20. The summed E-state index contributed by atoms with van der Waals surface area (Å²) in [6.07, 6.45) is 0. The molecule has 0 saturated heterocycles. The zero-order valence-electron chi connectivity index (χ0n) is 17.1. The van der Waals surface area contributed by atoms with Gasteiger partial charge in [-0.3, -0.25) is 9.59 Å². The summed E-state index contributed by atoms with van der Waals surface area (Å²) >= 11 is 1.33. The molecule has 0 bridgehead atoms. The van der Waals surface area contributed by atoms with E-state index in [1.165, 1.54) is 16.7 Å². The van der Waals surface area contributed by atoms with Gasteiger partial charge in [-0.25, -0.2) is 4.90 Å². The van der Waals surface area contributed by atoms with Crippen molar-refractivity contribution < 1.29 is 9.59 Å². The third kappa shape index (κ3) is 3.64. The lowest BCUT2D eigenvalue weighted by Crippen LogP contribution is -2.34. The molecule has 0 radical (unpaired) electrons. The van der Waals surface area contributed by atoms with E-state index in [0.29, 0.717) is 16.3 Å². The Morgan fingerprint density at radius 2 is 1.43 bits per heavy atom. The van der Waals surface area contributed by atoms with Crippen LogP contribution in [0.25, 0.3) is 0 Å². The number of rotatable bonds is 5. The van der Waals surface area contributed by atoms with Crippen molar-refractivity contribution in [3.8, 4) is 0 Å². The first kappa shape index (κ1) is 20.0. The molecule has 3 aromatic carbocycles. The van der Waals surface area contributed by atoms with Crippen molar-refractivity contribution in [2.75, 3.05) is 16.8 Å². The Morgan fingerprint density at radius 3 is 2.10 bits per heavy atom. The molecule has 0 spiro atoms. The minimum atomic E-state index is -0.307. The van der Waals surface area contributed by atoms with Gasteiger partial charge in [0, 0.05) is 17.6 Å². The highest BCUT2D eigenvalue weighted by atomic mass is 32.2. The molecule has 3 aromatic rings. The van der Waals surface area contributed by atoms with E-state index >= 15 is 0 Å². The molecule has 0 N–H and O–H groups in total. The van der Waals surface area contributed by atoms with E-state index in [1.807, 2.05) is 99.8 Å². The minimum Gasteiger partial charge on any atom is -0.339 e. The summed E-state index contributed by atoms with van der Waals surface area (Å²) in [6, 6.07) is 25.1. The molecule has 30 heavy (non-hydrogen) atoms. The summed E-state index contributed by atoms with van der Waals surface area (Å²) in [4.78, 5) is 31.6. The minimum absolute atomic E-state index is 0.291. The number of carbonyl (C=O) groups excluding carboxylic acids is 2. The largest absolute Gasteiger partial charge is 0.339 e. The highest BCUT2D eigenvalue weighted by Crippen LogP contribution is 2.40. The molecule has 1 heterocycles. The Bertz CT molecular complexity index is 1140. The molecule has 1 aliphatic rings. The van der Waals surface area contributed by atoms with Gasteiger partial charge in [-0.1, -0.05) is 60.3 Å². The number of likely N-dealkylation sites (N-methyl/N-ethyl adjacent to an activating group) is 1. The van der Waals surface area contributed by atoms with Crippen LogP contribution in [-0.2, 0) is 9.59 Å². The second-order valence-electron chi connectivity index (χ2n) is 7.22. The normalized spacial score (nSPS) is 13.9. The van der Waals surface area contributed by atoms with Crippen LogP contribution in [0.5, 0.6) is 0 Å². The standard InChI is InChI=1S/C25H22N2O2S/c1-17-14-15-18(2)21(16-17)27-24(28)22(26(3)19-10-6-4-7-11-19)23(25(27)29)30-20-12-8-5-9-13-20/h4-16H,1-3H3. The lowest BCUT2D eigenvalue weighted by Gasteiger charge is -2.22. The molecule has 0 unspecified atom stereocenters. The first-order valence-electron chi connectivity index (χ1n) is 9.69. The molecular weight excluding hydrogens is 392 g/mol. The Kier molecular flexibility index (Phi) is 5.46. The molecule has 0 fully saturated rings. The van der Waals surface area contributed by atoms with Crippen LogP contribution in [0.15, 0.2) is 94.4 Å². The van der Waals surface area contributed by atoms with Crippen molar-refractivity contribution in [3.05, 3.63) is 101 Å². The molecule has 0 saturated carbocycles. The number of imide groups is 1. The fraction of sp³-hybridized carbons (Fsp3) is 0.120. The van der Waals surface area contributed by atoms with Crippen molar-refractivity contribution >= 4 is 35.0 Å². The summed E-state index contributed by atoms with van der Waals surface area (Å²) in [5.74, 6) is -0.598. The number of carbonyl (C=O) groups is 2. The van der Waals surface area contributed by atoms with Crippen molar-refractivity contribution in [1.29, 1.82) is 0 Å². The summed E-state index contributed by atoms with van der Waals surface area (Å²) in [6.45, 7) is 3.87. The van der Waals surface area contributed by atoms with Gasteiger partial charge in [-0.2, -0.15) is 0 Å². The molecule has 5 heteroatoms. The van der Waals surface area contributed by atoms with E-state index in [-0.39, 0.29) is 11.8 Å². The van der Waals surface area contributed by atoms with Crippen LogP contribution in [0.3, 0.4) is 0 Å². The topological polar surface area (TPSA) is 40.6 Å². The molecule has 4 nitrogen and oxygen atoms in total. The molecule has 0 aromatic heterocycles. The predicted molar refractivity (Wildman–Crippen MR) is 123 cm³/mol. The maximum absolute atomic E-state index is 13.6. The second-order valence-corrected chi connectivity index (χ2v) is 8.31. The molecule has 4 rings (SSSR count). The van der Waals surface area contributed by atoms with Crippen LogP contribution in [0.1, 0.15) is 11.1 Å². The molecular formula is C25H22N2O2S. The number of nitrogens with zero attached hydrogens (tertiary/aromatic N) is 2. The van der Waals surface area contributed by atoms with Crippen molar-refractivity contribution in [2.24, 2.45) is 0 Å². The number of hydrogen-bond donors (Lipinski definition) is 0. The van der Waals surface area contributed by atoms with Gasteiger partial charge in [-0.05, 0) is 55.3 Å². The molecule has 0 atom stereocenters. The number of aryl methyl sites for hydroxylation is 2. The number of anilines is 2. The van der Waals surface area contributed by atoms with E-state index in [9.17, 15) is 9.59 Å². The van der Waals surface area contributed by atoms with Gasteiger partial charge in [0.05, 0.1) is 5.69 Å². The van der Waals surface area contributed by atoms with Crippen molar-refractivity contribution in [1.82, 2.24) is 0 Å². The number of thioether (sulfide) groups is 1. The smallest absolute Gasteiger partial charge is 0.283 e. The summed E-state index contributed by atoms with van der Waals surface area (Å²) < 4.78 is 0. The number of benzene rings is 3. The Morgan fingerprint density at radius 1 is 0.800 bits per heavy atom. The Balaban J connectivity index is 1.83. The van der Waals surface area contributed by atoms with E-state index < -0.39 is 0 Å². The van der Waals surface area contributed by atoms with Gasteiger partial charge in [0.1, 0.15) is 10.6 Å². The lowest BCUT2D eigenvalue weighted by molar-refractivity contribution is -0.120. The van der Waals surface area contributed by atoms with Gasteiger partial charge in [0.15, 0.2) is 0 Å². The van der Waals surface area contributed by atoms with Crippen LogP contribution in [0.4, 0.5) is 11.4 Å². The van der Waals surface area contributed by atoms with Crippen LogP contribution in [0.2, 0.25) is 0 Å². The van der Waals surface area contributed by atoms with E-state index in [4.69, 9.17) is 0 Å². The number of amides is 2. The van der Waals surface area contributed by atoms with E-state index in [1.54, 1.807) is 4.90 Å². The predicted octanol–water partition coefficient (Wildman–Crippen LogP) is 5.32. The Hall–Kier alpha value is -3.31. The van der Waals surface area contributed by atoms with Crippen LogP contribution in [0, 0.1) is 13.8 Å².